The average Bonchev–Trinajstić information content (AvgIpc) is 2.93. The van der Waals surface area contributed by atoms with Crippen LogP contribution in [0.25, 0.3) is 0 Å². The van der Waals surface area contributed by atoms with Gasteiger partial charge in [-0.1, -0.05) is 30.3 Å². The SMILES string of the molecule is O=C(O)C1Cc2ccncc2N1C(=O)OCc1ccccc1. The number of hydrogen-bond acceptors (Lipinski definition) is 4. The van der Waals surface area contributed by atoms with Crippen LogP contribution in [-0.2, 0) is 22.6 Å². The number of pyridine rings is 1. The average molecular weight is 298 g/mol. The number of carboxylic acid groups (broad SMARTS) is 1. The third kappa shape index (κ3) is 2.63. The van der Waals surface area contributed by atoms with Crippen LogP contribution in [0.1, 0.15) is 11.1 Å². The van der Waals surface area contributed by atoms with E-state index in [1.807, 2.05) is 30.3 Å². The molecule has 0 radical (unpaired) electrons. The fourth-order valence-corrected chi connectivity index (χ4v) is 2.48. The monoisotopic (exact) mass is 298 g/mol. The van der Waals surface area contributed by atoms with Crippen molar-refractivity contribution in [2.24, 2.45) is 0 Å². The summed E-state index contributed by atoms with van der Waals surface area (Å²) in [4.78, 5) is 28.8. The second-order valence-corrected chi connectivity index (χ2v) is 4.97. The molecule has 0 fully saturated rings. The predicted octanol–water partition coefficient (Wildman–Crippen LogP) is 2.23. The molecular weight excluding hydrogens is 284 g/mol. The summed E-state index contributed by atoms with van der Waals surface area (Å²) in [5.74, 6) is -1.06. The van der Waals surface area contributed by atoms with E-state index in [9.17, 15) is 14.7 Å². The van der Waals surface area contributed by atoms with Gasteiger partial charge in [0.25, 0.3) is 0 Å². The lowest BCUT2D eigenvalue weighted by Crippen LogP contribution is -2.43. The summed E-state index contributed by atoms with van der Waals surface area (Å²) in [5.41, 5.74) is 2.11. The van der Waals surface area contributed by atoms with E-state index in [1.165, 1.54) is 6.20 Å². The Morgan fingerprint density at radius 3 is 2.77 bits per heavy atom. The lowest BCUT2D eigenvalue weighted by atomic mass is 10.1. The third-order valence-electron chi connectivity index (χ3n) is 3.56. The molecule has 6 nitrogen and oxygen atoms in total. The number of nitrogens with zero attached hydrogens (tertiary/aromatic N) is 2. The van der Waals surface area contributed by atoms with Crippen LogP contribution in [0.2, 0.25) is 0 Å². The molecule has 1 aromatic carbocycles. The number of aliphatic carboxylic acids is 1. The van der Waals surface area contributed by atoms with Crippen molar-refractivity contribution in [1.82, 2.24) is 4.98 Å². The molecule has 0 bridgehead atoms. The Morgan fingerprint density at radius 2 is 2.05 bits per heavy atom. The molecule has 112 valence electrons. The van der Waals surface area contributed by atoms with E-state index in [2.05, 4.69) is 4.98 Å². The van der Waals surface area contributed by atoms with Gasteiger partial charge in [0, 0.05) is 12.6 Å². The quantitative estimate of drug-likeness (QED) is 0.940. The summed E-state index contributed by atoms with van der Waals surface area (Å²) in [6, 6.07) is 9.99. The molecule has 0 saturated heterocycles. The topological polar surface area (TPSA) is 79.7 Å². The minimum absolute atomic E-state index is 0.0953. The van der Waals surface area contributed by atoms with Crippen LogP contribution in [0.15, 0.2) is 48.8 Å². The molecule has 1 N–H and O–H groups in total. The van der Waals surface area contributed by atoms with E-state index >= 15 is 0 Å². The number of benzene rings is 1. The zero-order valence-corrected chi connectivity index (χ0v) is 11.7. The van der Waals surface area contributed by atoms with Gasteiger partial charge in [0.1, 0.15) is 12.6 Å². The van der Waals surface area contributed by atoms with E-state index in [4.69, 9.17) is 4.74 Å². The molecular formula is C16H14N2O4. The zero-order chi connectivity index (χ0) is 15.5. The Hall–Kier alpha value is -2.89. The number of amides is 1. The number of rotatable bonds is 3. The lowest BCUT2D eigenvalue weighted by Gasteiger charge is -2.21. The van der Waals surface area contributed by atoms with Gasteiger partial charge in [-0.25, -0.2) is 9.59 Å². The van der Waals surface area contributed by atoms with Crippen LogP contribution < -0.4 is 4.90 Å². The first-order valence-electron chi connectivity index (χ1n) is 6.82. The van der Waals surface area contributed by atoms with Gasteiger partial charge in [-0.2, -0.15) is 0 Å². The summed E-state index contributed by atoms with van der Waals surface area (Å²) in [7, 11) is 0. The second-order valence-electron chi connectivity index (χ2n) is 4.97. The first kappa shape index (κ1) is 14.1. The van der Waals surface area contributed by atoms with Gasteiger partial charge < -0.3 is 9.84 Å². The highest BCUT2D eigenvalue weighted by molar-refractivity contribution is 5.98. The van der Waals surface area contributed by atoms with Gasteiger partial charge in [0.05, 0.1) is 11.9 Å². The summed E-state index contributed by atoms with van der Waals surface area (Å²) < 4.78 is 5.25. The highest BCUT2D eigenvalue weighted by atomic mass is 16.6. The highest BCUT2D eigenvalue weighted by Crippen LogP contribution is 2.32. The normalized spacial score (nSPS) is 16.2. The van der Waals surface area contributed by atoms with E-state index in [0.29, 0.717) is 5.69 Å². The van der Waals surface area contributed by atoms with Crippen molar-refractivity contribution in [2.75, 3.05) is 4.90 Å². The fraction of sp³-hybridized carbons (Fsp3) is 0.188. The Balaban J connectivity index is 1.78. The number of ether oxygens (including phenoxy) is 1. The highest BCUT2D eigenvalue weighted by Gasteiger charge is 2.39. The maximum atomic E-state index is 12.3. The van der Waals surface area contributed by atoms with Gasteiger partial charge in [-0.15, -0.1) is 0 Å². The van der Waals surface area contributed by atoms with Crippen molar-refractivity contribution in [1.29, 1.82) is 0 Å². The smallest absolute Gasteiger partial charge is 0.415 e. The predicted molar refractivity (Wildman–Crippen MR) is 78.5 cm³/mol. The molecule has 1 aliphatic heterocycles. The Morgan fingerprint density at radius 1 is 1.27 bits per heavy atom. The maximum Gasteiger partial charge on any atom is 0.415 e. The van der Waals surface area contributed by atoms with E-state index < -0.39 is 18.1 Å². The number of carbonyl (C=O) groups is 2. The van der Waals surface area contributed by atoms with Crippen LogP contribution in [0.4, 0.5) is 10.5 Å². The molecule has 1 unspecified atom stereocenters. The first-order valence-corrected chi connectivity index (χ1v) is 6.82. The Labute approximate surface area is 127 Å². The number of carboxylic acids is 1. The minimum atomic E-state index is -1.06. The molecule has 1 aliphatic rings. The van der Waals surface area contributed by atoms with Crippen molar-refractivity contribution < 1.29 is 19.4 Å². The van der Waals surface area contributed by atoms with Crippen molar-refractivity contribution >= 4 is 17.7 Å². The molecule has 1 atom stereocenters. The van der Waals surface area contributed by atoms with Gasteiger partial charge in [0.15, 0.2) is 0 Å². The van der Waals surface area contributed by atoms with Crippen molar-refractivity contribution in [3.05, 3.63) is 59.9 Å². The first-order chi connectivity index (χ1) is 10.7. The molecule has 1 amide bonds. The summed E-state index contributed by atoms with van der Waals surface area (Å²) in [6.07, 6.45) is 2.65. The molecule has 22 heavy (non-hydrogen) atoms. The van der Waals surface area contributed by atoms with E-state index in [0.717, 1.165) is 16.0 Å². The largest absolute Gasteiger partial charge is 0.480 e. The zero-order valence-electron chi connectivity index (χ0n) is 11.7. The molecule has 1 aromatic heterocycles. The van der Waals surface area contributed by atoms with Gasteiger partial charge in [0.2, 0.25) is 0 Å². The number of aromatic nitrogens is 1. The molecule has 3 rings (SSSR count). The van der Waals surface area contributed by atoms with Crippen LogP contribution in [0, 0.1) is 0 Å². The summed E-state index contributed by atoms with van der Waals surface area (Å²) in [5, 5.41) is 9.32. The third-order valence-corrected chi connectivity index (χ3v) is 3.56. The molecule has 0 spiro atoms. The maximum absolute atomic E-state index is 12.3. The fourth-order valence-electron chi connectivity index (χ4n) is 2.48. The molecule has 2 heterocycles. The van der Waals surface area contributed by atoms with E-state index in [-0.39, 0.29) is 13.0 Å². The molecule has 0 aliphatic carbocycles. The standard InChI is InChI=1S/C16H14N2O4/c19-15(20)13-8-12-6-7-17-9-14(12)18(13)16(21)22-10-11-4-2-1-3-5-11/h1-7,9,13H,8,10H2,(H,19,20). The second kappa shape index (κ2) is 5.85. The lowest BCUT2D eigenvalue weighted by molar-refractivity contribution is -0.138. The number of fused-ring (bicyclic) bond motifs is 1. The molecule has 6 heteroatoms. The number of hydrogen-bond donors (Lipinski definition) is 1. The van der Waals surface area contributed by atoms with Crippen LogP contribution >= 0.6 is 0 Å². The van der Waals surface area contributed by atoms with Crippen molar-refractivity contribution in [3.63, 3.8) is 0 Å². The van der Waals surface area contributed by atoms with Crippen molar-refractivity contribution in [2.45, 2.75) is 19.1 Å². The number of anilines is 1. The molecule has 0 saturated carbocycles. The van der Waals surface area contributed by atoms with E-state index in [1.54, 1.807) is 12.3 Å². The van der Waals surface area contributed by atoms with Gasteiger partial charge >= 0.3 is 12.1 Å². The Kier molecular flexibility index (Phi) is 3.74. The Bertz CT molecular complexity index is 702. The van der Waals surface area contributed by atoms with Crippen LogP contribution in [0.3, 0.4) is 0 Å². The van der Waals surface area contributed by atoms with Gasteiger partial charge in [-0.05, 0) is 17.2 Å². The summed E-state index contributed by atoms with van der Waals surface area (Å²) in [6.45, 7) is 0.0953. The van der Waals surface area contributed by atoms with Crippen molar-refractivity contribution in [3.8, 4) is 0 Å². The number of carbonyl (C=O) groups excluding carboxylic acids is 1. The molecule has 2 aromatic rings. The summed E-state index contributed by atoms with van der Waals surface area (Å²) >= 11 is 0. The van der Waals surface area contributed by atoms with Crippen LogP contribution in [-0.4, -0.2) is 28.2 Å². The van der Waals surface area contributed by atoms with Crippen LogP contribution in [0.5, 0.6) is 0 Å². The minimum Gasteiger partial charge on any atom is -0.480 e. The van der Waals surface area contributed by atoms with Gasteiger partial charge in [-0.3, -0.25) is 9.88 Å².